The van der Waals surface area contributed by atoms with Gasteiger partial charge in [0.15, 0.2) is 0 Å². The molecular weight excluding hydrogens is 236 g/mol. The second-order valence-electron chi connectivity index (χ2n) is 5.59. The summed E-state index contributed by atoms with van der Waals surface area (Å²) in [4.78, 5) is 6.53. The molecule has 4 heteroatoms. The summed E-state index contributed by atoms with van der Waals surface area (Å²) < 4.78 is 0. The van der Waals surface area contributed by atoms with Crippen molar-refractivity contribution in [3.63, 3.8) is 0 Å². The van der Waals surface area contributed by atoms with Gasteiger partial charge in [0.1, 0.15) is 5.54 Å². The number of nitrogens with two attached hydrogens (primary N) is 1. The zero-order valence-electron chi connectivity index (χ0n) is 11.5. The first-order valence-electron chi connectivity index (χ1n) is 6.92. The predicted octanol–water partition coefficient (Wildman–Crippen LogP) is 1.72. The molecule has 0 aliphatic heterocycles. The van der Waals surface area contributed by atoms with Crippen LogP contribution >= 0.6 is 0 Å². The van der Waals surface area contributed by atoms with Crippen molar-refractivity contribution in [2.24, 2.45) is 5.73 Å². The van der Waals surface area contributed by atoms with Gasteiger partial charge in [-0.05, 0) is 50.8 Å². The highest BCUT2D eigenvalue weighted by Crippen LogP contribution is 2.28. The number of nitrogens with zero attached hydrogens (tertiary/aromatic N) is 3. The summed E-state index contributed by atoms with van der Waals surface area (Å²) in [6.07, 6.45) is 8.41. The van der Waals surface area contributed by atoms with Crippen molar-refractivity contribution in [2.75, 3.05) is 13.6 Å². The average Bonchev–Trinajstić information content (AvgIpc) is 2.47. The minimum atomic E-state index is -0.583. The molecule has 0 atom stereocenters. The Hall–Kier alpha value is -1.44. The highest BCUT2D eigenvalue weighted by Gasteiger charge is 2.32. The molecule has 0 bridgehead atoms. The monoisotopic (exact) mass is 258 g/mol. The fourth-order valence-electron chi connectivity index (χ4n) is 2.70. The van der Waals surface area contributed by atoms with Crippen LogP contribution < -0.4 is 5.73 Å². The van der Waals surface area contributed by atoms with Crippen LogP contribution in [0.2, 0.25) is 0 Å². The quantitative estimate of drug-likeness (QED) is 0.893. The average molecular weight is 258 g/mol. The van der Waals surface area contributed by atoms with Crippen LogP contribution in [0.4, 0.5) is 0 Å². The molecule has 0 amide bonds. The van der Waals surface area contributed by atoms with Gasteiger partial charge < -0.3 is 10.6 Å². The van der Waals surface area contributed by atoms with E-state index in [1.807, 2.05) is 12.3 Å². The van der Waals surface area contributed by atoms with E-state index < -0.39 is 5.54 Å². The fraction of sp³-hybridized carbons (Fsp3) is 0.600. The van der Waals surface area contributed by atoms with Gasteiger partial charge >= 0.3 is 0 Å². The van der Waals surface area contributed by atoms with E-state index in [1.54, 1.807) is 6.20 Å². The molecule has 102 valence electrons. The molecule has 1 heterocycles. The lowest BCUT2D eigenvalue weighted by molar-refractivity contribution is 0.169. The maximum absolute atomic E-state index is 9.03. The first kappa shape index (κ1) is 14.0. The number of nitriles is 1. The van der Waals surface area contributed by atoms with Crippen LogP contribution in [-0.4, -0.2) is 35.1 Å². The number of likely N-dealkylation sites (N-methyl/N-ethyl adjacent to an activating group) is 1. The number of hydrogen-bond acceptors (Lipinski definition) is 4. The van der Waals surface area contributed by atoms with E-state index in [4.69, 9.17) is 11.0 Å². The summed E-state index contributed by atoms with van der Waals surface area (Å²) in [6, 6.07) is 6.90. The number of rotatable bonds is 4. The van der Waals surface area contributed by atoms with Crippen LogP contribution in [0.5, 0.6) is 0 Å². The van der Waals surface area contributed by atoms with Gasteiger partial charge in [0.25, 0.3) is 0 Å². The van der Waals surface area contributed by atoms with Crippen molar-refractivity contribution in [1.82, 2.24) is 9.88 Å². The lowest BCUT2D eigenvalue weighted by Crippen LogP contribution is -2.47. The Balaban J connectivity index is 1.79. The van der Waals surface area contributed by atoms with Crippen molar-refractivity contribution in [3.8, 4) is 6.07 Å². The molecule has 4 nitrogen and oxygen atoms in total. The molecule has 2 rings (SSSR count). The third-order valence-electron chi connectivity index (χ3n) is 4.17. The predicted molar refractivity (Wildman–Crippen MR) is 75.4 cm³/mol. The van der Waals surface area contributed by atoms with Crippen molar-refractivity contribution in [3.05, 3.63) is 30.1 Å². The molecule has 1 aliphatic rings. The molecule has 0 radical (unpaired) electrons. The van der Waals surface area contributed by atoms with Crippen LogP contribution in [0.1, 0.15) is 31.2 Å². The molecule has 2 N–H and O–H groups in total. The summed E-state index contributed by atoms with van der Waals surface area (Å²) in [5.41, 5.74) is 6.69. The van der Waals surface area contributed by atoms with Gasteiger partial charge in [-0.15, -0.1) is 0 Å². The zero-order valence-corrected chi connectivity index (χ0v) is 11.5. The van der Waals surface area contributed by atoms with Gasteiger partial charge in [-0.3, -0.25) is 4.98 Å². The Labute approximate surface area is 115 Å². The minimum absolute atomic E-state index is 0.557. The van der Waals surface area contributed by atoms with Gasteiger partial charge in [0.05, 0.1) is 6.07 Å². The van der Waals surface area contributed by atoms with E-state index in [0.717, 1.165) is 38.6 Å². The molecule has 1 aromatic heterocycles. The lowest BCUT2D eigenvalue weighted by atomic mass is 9.81. The molecule has 1 aliphatic carbocycles. The van der Waals surface area contributed by atoms with Crippen molar-refractivity contribution in [1.29, 1.82) is 5.26 Å². The zero-order chi connectivity index (χ0) is 13.7. The van der Waals surface area contributed by atoms with E-state index in [0.29, 0.717) is 6.04 Å². The third kappa shape index (κ3) is 3.76. The van der Waals surface area contributed by atoms with Gasteiger partial charge in [-0.2, -0.15) is 5.26 Å². The molecule has 0 saturated heterocycles. The van der Waals surface area contributed by atoms with Gasteiger partial charge in [0.2, 0.25) is 0 Å². The largest absolute Gasteiger partial charge is 0.313 e. The maximum Gasteiger partial charge on any atom is 0.104 e. The highest BCUT2D eigenvalue weighted by atomic mass is 15.1. The van der Waals surface area contributed by atoms with Crippen molar-refractivity contribution in [2.45, 2.75) is 43.7 Å². The van der Waals surface area contributed by atoms with Crippen LogP contribution in [-0.2, 0) is 6.42 Å². The van der Waals surface area contributed by atoms with E-state index >= 15 is 0 Å². The first-order valence-corrected chi connectivity index (χ1v) is 6.92. The summed E-state index contributed by atoms with van der Waals surface area (Å²) in [6.45, 7) is 1.03. The fourth-order valence-corrected chi connectivity index (χ4v) is 2.70. The normalized spacial score (nSPS) is 27.2. The molecule has 0 spiro atoms. The van der Waals surface area contributed by atoms with Crippen LogP contribution in [0.25, 0.3) is 0 Å². The molecule has 0 unspecified atom stereocenters. The summed E-state index contributed by atoms with van der Waals surface area (Å²) in [5, 5.41) is 9.03. The maximum atomic E-state index is 9.03. The Morgan fingerprint density at radius 3 is 2.84 bits per heavy atom. The smallest absolute Gasteiger partial charge is 0.104 e. The highest BCUT2D eigenvalue weighted by molar-refractivity contribution is 5.10. The van der Waals surface area contributed by atoms with Crippen LogP contribution in [0, 0.1) is 11.3 Å². The third-order valence-corrected chi connectivity index (χ3v) is 4.17. The summed E-state index contributed by atoms with van der Waals surface area (Å²) >= 11 is 0. The summed E-state index contributed by atoms with van der Waals surface area (Å²) in [7, 11) is 2.16. The van der Waals surface area contributed by atoms with E-state index in [2.05, 4.69) is 29.1 Å². The number of pyridine rings is 1. The molecule has 1 saturated carbocycles. The number of aromatic nitrogens is 1. The molecule has 1 aromatic rings. The van der Waals surface area contributed by atoms with Crippen molar-refractivity contribution < 1.29 is 0 Å². The molecule has 19 heavy (non-hydrogen) atoms. The SMILES string of the molecule is CN(CCc1cccnc1)C1CCC(N)(C#N)CC1. The summed E-state index contributed by atoms with van der Waals surface area (Å²) in [5.74, 6) is 0. The van der Waals surface area contributed by atoms with Crippen LogP contribution in [0.15, 0.2) is 24.5 Å². The second kappa shape index (κ2) is 6.14. The molecule has 0 aromatic carbocycles. The Bertz CT molecular complexity index is 429. The molecular formula is C15H22N4. The molecule has 1 fully saturated rings. The Morgan fingerprint density at radius 1 is 1.53 bits per heavy atom. The Kier molecular flexibility index (Phi) is 4.52. The van der Waals surface area contributed by atoms with Gasteiger partial charge in [0, 0.05) is 25.0 Å². The second-order valence-corrected chi connectivity index (χ2v) is 5.59. The van der Waals surface area contributed by atoms with Crippen LogP contribution in [0.3, 0.4) is 0 Å². The lowest BCUT2D eigenvalue weighted by Gasteiger charge is -2.36. The van der Waals surface area contributed by atoms with Gasteiger partial charge in [-0.1, -0.05) is 6.07 Å². The standard InChI is InChI=1S/C15H22N4/c1-19(10-6-13-3-2-9-18-11-13)14-4-7-15(17,12-16)8-5-14/h2-3,9,11,14H,4-8,10,17H2,1H3. The Morgan fingerprint density at radius 2 is 2.26 bits per heavy atom. The van der Waals surface area contributed by atoms with E-state index in [1.165, 1.54) is 5.56 Å². The van der Waals surface area contributed by atoms with Gasteiger partial charge in [-0.25, -0.2) is 0 Å². The minimum Gasteiger partial charge on any atom is -0.313 e. The van der Waals surface area contributed by atoms with E-state index in [9.17, 15) is 0 Å². The van der Waals surface area contributed by atoms with Crippen molar-refractivity contribution >= 4 is 0 Å². The number of hydrogen-bond donors (Lipinski definition) is 1. The topological polar surface area (TPSA) is 65.9 Å². The van der Waals surface area contributed by atoms with E-state index in [-0.39, 0.29) is 0 Å². The first-order chi connectivity index (χ1) is 9.13.